The number of carbonyl (C=O) groups is 1. The van der Waals surface area contributed by atoms with Gasteiger partial charge in [0.25, 0.3) is 0 Å². The minimum absolute atomic E-state index is 0.0275. The normalized spacial score (nSPS) is 22.1. The summed E-state index contributed by atoms with van der Waals surface area (Å²) < 4.78 is 2.90. The fraction of sp³-hybridized carbons (Fsp3) is 0.571. The highest BCUT2D eigenvalue weighted by molar-refractivity contribution is 9.10. The summed E-state index contributed by atoms with van der Waals surface area (Å²) in [4.78, 5) is 12.3. The Bertz CT molecular complexity index is 507. The number of allylic oxidation sites excluding steroid dienone is 1. The van der Waals surface area contributed by atoms with E-state index in [2.05, 4.69) is 28.0 Å². The average Bonchev–Trinajstić information content (AvgIpc) is 2.95. The number of ketones is 1. The first-order valence-electron chi connectivity index (χ1n) is 6.77. The van der Waals surface area contributed by atoms with Gasteiger partial charge in [-0.25, -0.2) is 0 Å². The molecule has 1 heterocycles. The zero-order valence-corrected chi connectivity index (χ0v) is 13.0. The van der Waals surface area contributed by atoms with Crippen LogP contribution >= 0.6 is 15.9 Å². The van der Waals surface area contributed by atoms with Gasteiger partial charge in [0, 0.05) is 18.5 Å². The number of hydrogen-bond acceptors (Lipinski definition) is 3. The molecule has 0 spiro atoms. The van der Waals surface area contributed by atoms with Crippen molar-refractivity contribution in [3.05, 3.63) is 28.0 Å². The van der Waals surface area contributed by atoms with E-state index in [-0.39, 0.29) is 17.7 Å². The molecule has 0 radical (unpaired) electrons. The van der Waals surface area contributed by atoms with Crippen LogP contribution in [0.5, 0.6) is 0 Å². The number of aromatic nitrogens is 2. The quantitative estimate of drug-likeness (QED) is 0.844. The lowest BCUT2D eigenvalue weighted by Gasteiger charge is -2.09. The van der Waals surface area contributed by atoms with Crippen molar-refractivity contribution in [1.82, 2.24) is 9.78 Å². The average molecular weight is 326 g/mol. The van der Waals surface area contributed by atoms with Crippen molar-refractivity contribution < 1.29 is 4.79 Å². The van der Waals surface area contributed by atoms with E-state index < -0.39 is 0 Å². The van der Waals surface area contributed by atoms with Crippen LogP contribution in [0.15, 0.2) is 16.6 Å². The maximum absolute atomic E-state index is 12.3. The number of rotatable bonds is 5. The third kappa shape index (κ3) is 2.98. The first kappa shape index (κ1) is 14.5. The van der Waals surface area contributed by atoms with Crippen LogP contribution in [0, 0.1) is 5.92 Å². The molecular weight excluding hydrogens is 306 g/mol. The highest BCUT2D eigenvalue weighted by atomic mass is 79.9. The number of Topliss-reactive ketones (excluding diaryl/α,β-unsaturated/α-hetero) is 1. The lowest BCUT2D eigenvalue weighted by molar-refractivity contribution is -0.121. The van der Waals surface area contributed by atoms with Crippen LogP contribution in [-0.4, -0.2) is 21.6 Å². The monoisotopic (exact) mass is 325 g/mol. The first-order valence-corrected chi connectivity index (χ1v) is 7.56. The van der Waals surface area contributed by atoms with E-state index in [0.717, 1.165) is 35.2 Å². The van der Waals surface area contributed by atoms with Crippen LogP contribution in [0.4, 0.5) is 0 Å². The van der Waals surface area contributed by atoms with Crippen LogP contribution in [0.3, 0.4) is 0 Å². The molecule has 104 valence electrons. The van der Waals surface area contributed by atoms with Crippen LogP contribution in [0.2, 0.25) is 0 Å². The summed E-state index contributed by atoms with van der Waals surface area (Å²) >= 11 is 3.57. The van der Waals surface area contributed by atoms with E-state index in [4.69, 9.17) is 5.73 Å². The van der Waals surface area contributed by atoms with Gasteiger partial charge in [0.05, 0.1) is 22.3 Å². The van der Waals surface area contributed by atoms with E-state index >= 15 is 0 Å². The van der Waals surface area contributed by atoms with Gasteiger partial charge < -0.3 is 5.73 Å². The fourth-order valence-electron chi connectivity index (χ4n) is 2.45. The van der Waals surface area contributed by atoms with Gasteiger partial charge in [-0.15, -0.1) is 0 Å². The molecule has 0 amide bonds. The second-order valence-electron chi connectivity index (χ2n) is 4.91. The summed E-state index contributed by atoms with van der Waals surface area (Å²) in [5, 5.41) is 4.52. The van der Waals surface area contributed by atoms with Crippen molar-refractivity contribution in [1.29, 1.82) is 0 Å². The predicted octanol–water partition coefficient (Wildman–Crippen LogP) is 2.24. The zero-order chi connectivity index (χ0) is 14.0. The highest BCUT2D eigenvalue weighted by Gasteiger charge is 2.25. The molecule has 1 aromatic heterocycles. The second kappa shape index (κ2) is 6.01. The summed E-state index contributed by atoms with van der Waals surface area (Å²) in [5.74, 6) is 0.189. The van der Waals surface area contributed by atoms with Gasteiger partial charge in [0.15, 0.2) is 0 Å². The fourth-order valence-corrected chi connectivity index (χ4v) is 3.15. The number of nitrogens with two attached hydrogens (primary N) is 1. The molecule has 0 saturated carbocycles. The Hall–Kier alpha value is -0.940. The minimum Gasteiger partial charge on any atom is -0.324 e. The molecule has 0 aromatic carbocycles. The van der Waals surface area contributed by atoms with Gasteiger partial charge in [0.2, 0.25) is 0 Å². The molecular formula is C14H20BrN3O. The SMILES string of the molecule is CCc1nn(CC)c(CC(=O)C2C=CC(N)C2)c1Br. The van der Waals surface area contributed by atoms with E-state index in [0.29, 0.717) is 6.42 Å². The van der Waals surface area contributed by atoms with Crippen LogP contribution in [0.25, 0.3) is 0 Å². The molecule has 1 aromatic rings. The van der Waals surface area contributed by atoms with Crippen molar-refractivity contribution in [2.45, 2.75) is 45.7 Å². The highest BCUT2D eigenvalue weighted by Crippen LogP contribution is 2.25. The van der Waals surface area contributed by atoms with Gasteiger partial charge in [-0.2, -0.15) is 5.10 Å². The van der Waals surface area contributed by atoms with E-state index in [9.17, 15) is 4.79 Å². The van der Waals surface area contributed by atoms with Crippen LogP contribution < -0.4 is 5.73 Å². The number of carbonyl (C=O) groups excluding carboxylic acids is 1. The summed E-state index contributed by atoms with van der Waals surface area (Å²) in [6.07, 6.45) is 5.88. The Morgan fingerprint density at radius 3 is 2.79 bits per heavy atom. The Labute approximate surface area is 122 Å². The summed E-state index contributed by atoms with van der Waals surface area (Å²) in [5.41, 5.74) is 7.80. The maximum atomic E-state index is 12.3. The largest absolute Gasteiger partial charge is 0.324 e. The van der Waals surface area contributed by atoms with E-state index in [1.54, 1.807) is 0 Å². The lowest BCUT2D eigenvalue weighted by atomic mass is 9.99. The summed E-state index contributed by atoms with van der Waals surface area (Å²) in [7, 11) is 0. The van der Waals surface area contributed by atoms with Gasteiger partial charge in [-0.1, -0.05) is 19.1 Å². The van der Waals surface area contributed by atoms with Crippen molar-refractivity contribution in [2.75, 3.05) is 0 Å². The second-order valence-corrected chi connectivity index (χ2v) is 5.70. The third-order valence-corrected chi connectivity index (χ3v) is 4.48. The van der Waals surface area contributed by atoms with Gasteiger partial charge in [0.1, 0.15) is 5.78 Å². The first-order chi connectivity index (χ1) is 9.06. The number of aryl methyl sites for hydroxylation is 2. The minimum atomic E-state index is -0.0350. The molecule has 19 heavy (non-hydrogen) atoms. The molecule has 1 aliphatic carbocycles. The molecule has 2 unspecified atom stereocenters. The summed E-state index contributed by atoms with van der Waals surface area (Å²) in [6, 6.07) is 0.0275. The molecule has 5 heteroatoms. The third-order valence-electron chi connectivity index (χ3n) is 3.57. The van der Waals surface area contributed by atoms with Crippen molar-refractivity contribution >= 4 is 21.7 Å². The molecule has 0 fully saturated rings. The smallest absolute Gasteiger partial charge is 0.145 e. The lowest BCUT2D eigenvalue weighted by Crippen LogP contribution is -2.21. The molecule has 0 saturated heterocycles. The van der Waals surface area contributed by atoms with Gasteiger partial charge in [-0.3, -0.25) is 9.48 Å². The number of nitrogens with zero attached hydrogens (tertiary/aromatic N) is 2. The van der Waals surface area contributed by atoms with Crippen LogP contribution in [-0.2, 0) is 24.2 Å². The molecule has 0 bridgehead atoms. The Morgan fingerprint density at radius 2 is 2.26 bits per heavy atom. The molecule has 2 N–H and O–H groups in total. The molecule has 1 aliphatic rings. The van der Waals surface area contributed by atoms with Crippen molar-refractivity contribution in [2.24, 2.45) is 11.7 Å². The molecule has 4 nitrogen and oxygen atoms in total. The molecule has 2 rings (SSSR count). The summed E-state index contributed by atoms with van der Waals surface area (Å²) in [6.45, 7) is 4.89. The molecule has 2 atom stereocenters. The topological polar surface area (TPSA) is 60.9 Å². The Balaban J connectivity index is 2.16. The van der Waals surface area contributed by atoms with Crippen molar-refractivity contribution in [3.63, 3.8) is 0 Å². The Morgan fingerprint density at radius 1 is 1.53 bits per heavy atom. The zero-order valence-electron chi connectivity index (χ0n) is 11.4. The maximum Gasteiger partial charge on any atom is 0.145 e. The van der Waals surface area contributed by atoms with Gasteiger partial charge in [-0.05, 0) is 35.7 Å². The Kier molecular flexibility index (Phi) is 4.58. The standard InChI is InChI=1S/C14H20BrN3O/c1-3-11-14(15)12(18(4-2)17-11)8-13(19)9-5-6-10(16)7-9/h5-6,9-10H,3-4,7-8,16H2,1-2H3. The number of hydrogen-bond donors (Lipinski definition) is 1. The predicted molar refractivity (Wildman–Crippen MR) is 78.9 cm³/mol. The molecule has 0 aliphatic heterocycles. The van der Waals surface area contributed by atoms with Gasteiger partial charge >= 0.3 is 0 Å². The van der Waals surface area contributed by atoms with E-state index in [1.165, 1.54) is 0 Å². The van der Waals surface area contributed by atoms with Crippen molar-refractivity contribution in [3.8, 4) is 0 Å². The number of halogens is 1. The van der Waals surface area contributed by atoms with Crippen LogP contribution in [0.1, 0.15) is 31.7 Å². The van der Waals surface area contributed by atoms with E-state index in [1.807, 2.05) is 23.8 Å².